The number of urea groups is 1. The molecule has 0 saturated heterocycles. The summed E-state index contributed by atoms with van der Waals surface area (Å²) in [4.78, 5) is 62.5. The third-order valence-electron chi connectivity index (χ3n) is 5.58. The summed E-state index contributed by atoms with van der Waals surface area (Å²) in [6.07, 6.45) is 0. The molecule has 35 heavy (non-hydrogen) atoms. The Labute approximate surface area is 198 Å². The first-order chi connectivity index (χ1) is 16.7. The molecule has 0 aliphatic carbocycles. The van der Waals surface area contributed by atoms with Gasteiger partial charge in [-0.15, -0.1) is 0 Å². The summed E-state index contributed by atoms with van der Waals surface area (Å²) in [6, 6.07) is 8.41. The van der Waals surface area contributed by atoms with E-state index in [4.69, 9.17) is 9.47 Å². The van der Waals surface area contributed by atoms with E-state index in [9.17, 15) is 29.3 Å². The molecule has 0 fully saturated rings. The van der Waals surface area contributed by atoms with Crippen molar-refractivity contribution in [1.82, 2.24) is 15.5 Å². The van der Waals surface area contributed by atoms with Crippen molar-refractivity contribution in [2.45, 2.75) is 13.0 Å². The Morgan fingerprint density at radius 3 is 2.40 bits per heavy atom. The lowest BCUT2D eigenvalue weighted by molar-refractivity contribution is -0.384. The highest BCUT2D eigenvalue weighted by atomic mass is 16.6. The van der Waals surface area contributed by atoms with Crippen LogP contribution in [0.25, 0.3) is 0 Å². The first-order valence-electron chi connectivity index (χ1n) is 10.5. The van der Waals surface area contributed by atoms with Crippen molar-refractivity contribution in [2.75, 3.05) is 20.3 Å². The van der Waals surface area contributed by atoms with Crippen molar-refractivity contribution in [2.24, 2.45) is 0 Å². The van der Waals surface area contributed by atoms with Crippen molar-refractivity contribution in [1.29, 1.82) is 0 Å². The minimum Gasteiger partial charge on any atom is -0.497 e. The number of non-ortho nitro benzene ring substituents is 1. The number of hydrogen-bond acceptors (Lipinski definition) is 8. The van der Waals surface area contributed by atoms with Gasteiger partial charge in [-0.1, -0.05) is 12.1 Å². The number of esters is 1. The van der Waals surface area contributed by atoms with Crippen LogP contribution in [0.5, 0.6) is 5.75 Å². The number of imide groups is 1. The summed E-state index contributed by atoms with van der Waals surface area (Å²) >= 11 is 0. The van der Waals surface area contributed by atoms with Gasteiger partial charge in [-0.2, -0.15) is 0 Å². The van der Waals surface area contributed by atoms with Gasteiger partial charge in [0.1, 0.15) is 5.75 Å². The summed E-state index contributed by atoms with van der Waals surface area (Å²) in [5.74, 6) is -1.67. The molecule has 0 saturated carbocycles. The second-order valence-corrected chi connectivity index (χ2v) is 7.60. The number of nitro benzene ring substituents is 1. The van der Waals surface area contributed by atoms with Crippen molar-refractivity contribution >= 4 is 29.5 Å². The molecule has 12 nitrogen and oxygen atoms in total. The topological polar surface area (TPSA) is 157 Å². The van der Waals surface area contributed by atoms with E-state index in [1.807, 2.05) is 0 Å². The van der Waals surface area contributed by atoms with E-state index in [1.165, 1.54) is 13.2 Å². The summed E-state index contributed by atoms with van der Waals surface area (Å²) in [5.41, 5.74) is 0.0728. The van der Waals surface area contributed by atoms with Gasteiger partial charge in [-0.05, 0) is 30.7 Å². The molecule has 0 radical (unpaired) electrons. The zero-order valence-electron chi connectivity index (χ0n) is 18.7. The van der Waals surface area contributed by atoms with E-state index in [2.05, 4.69) is 10.6 Å². The van der Waals surface area contributed by atoms with E-state index >= 15 is 0 Å². The van der Waals surface area contributed by atoms with E-state index in [-0.39, 0.29) is 34.7 Å². The second kappa shape index (κ2) is 9.25. The molecule has 12 heteroatoms. The highest BCUT2D eigenvalue weighted by Crippen LogP contribution is 2.32. The minimum atomic E-state index is -0.931. The van der Waals surface area contributed by atoms with Crippen LogP contribution < -0.4 is 15.4 Å². The van der Waals surface area contributed by atoms with Gasteiger partial charge in [0.05, 0.1) is 53.6 Å². The van der Waals surface area contributed by atoms with E-state index < -0.39 is 41.3 Å². The molecule has 0 spiro atoms. The molecule has 4 rings (SSSR count). The lowest BCUT2D eigenvalue weighted by atomic mass is 9.95. The van der Waals surface area contributed by atoms with Gasteiger partial charge >= 0.3 is 12.0 Å². The minimum absolute atomic E-state index is 0.00276. The van der Waals surface area contributed by atoms with Crippen LogP contribution in [-0.2, 0) is 9.53 Å². The molecule has 1 unspecified atom stereocenters. The molecular weight excluding hydrogens is 460 g/mol. The third-order valence-corrected chi connectivity index (χ3v) is 5.58. The SMILES string of the molecule is CCOC(=O)C1=C(CN2C(=O)c3ccc([N+](=O)[O-])cc3C2=O)NC(=O)NC1c1ccc(OC)cc1. The fraction of sp³-hybridized carbons (Fsp3) is 0.217. The number of rotatable bonds is 7. The number of hydrogen-bond donors (Lipinski definition) is 2. The van der Waals surface area contributed by atoms with Gasteiger partial charge in [-0.3, -0.25) is 24.6 Å². The summed E-state index contributed by atoms with van der Waals surface area (Å²) < 4.78 is 10.3. The molecule has 180 valence electrons. The zero-order valence-corrected chi connectivity index (χ0v) is 18.7. The van der Waals surface area contributed by atoms with Gasteiger partial charge in [-0.25, -0.2) is 9.59 Å². The van der Waals surface area contributed by atoms with Crippen molar-refractivity contribution < 1.29 is 33.6 Å². The number of nitrogens with zero attached hydrogens (tertiary/aromatic N) is 2. The summed E-state index contributed by atoms with van der Waals surface area (Å²) in [6.45, 7) is 1.22. The van der Waals surface area contributed by atoms with Gasteiger partial charge in [0.15, 0.2) is 0 Å². The molecule has 2 heterocycles. The number of methoxy groups -OCH3 is 1. The van der Waals surface area contributed by atoms with Crippen LogP contribution in [0.2, 0.25) is 0 Å². The molecule has 2 N–H and O–H groups in total. The van der Waals surface area contributed by atoms with E-state index in [0.29, 0.717) is 11.3 Å². The van der Waals surface area contributed by atoms with Gasteiger partial charge in [0, 0.05) is 12.1 Å². The van der Waals surface area contributed by atoms with Crippen LogP contribution in [0.3, 0.4) is 0 Å². The Balaban J connectivity index is 1.75. The molecule has 2 aliphatic rings. The normalized spacial score (nSPS) is 17.0. The zero-order chi connectivity index (χ0) is 25.3. The molecule has 2 aromatic rings. The standard InChI is InChI=1S/C23H20N4O8/c1-3-35-22(30)18-17(24-23(31)25-19(18)12-4-7-14(34-2)8-5-12)11-26-20(28)15-9-6-13(27(32)33)10-16(15)21(26)29/h4-10,19H,3,11H2,1-2H3,(H2,24,25,31). The number of fused-ring (bicyclic) bond motifs is 1. The third kappa shape index (κ3) is 4.28. The maximum Gasteiger partial charge on any atom is 0.338 e. The average Bonchev–Trinajstić information content (AvgIpc) is 3.08. The number of amides is 4. The van der Waals surface area contributed by atoms with Crippen molar-refractivity contribution in [3.8, 4) is 5.75 Å². The maximum atomic E-state index is 13.0. The second-order valence-electron chi connectivity index (χ2n) is 7.60. The quantitative estimate of drug-likeness (QED) is 0.264. The summed E-state index contributed by atoms with van der Waals surface area (Å²) in [5, 5.41) is 16.3. The molecule has 0 aromatic heterocycles. The Morgan fingerprint density at radius 2 is 1.77 bits per heavy atom. The predicted molar refractivity (Wildman–Crippen MR) is 120 cm³/mol. The fourth-order valence-electron chi connectivity index (χ4n) is 3.93. The Kier molecular flexibility index (Phi) is 6.19. The predicted octanol–water partition coefficient (Wildman–Crippen LogP) is 2.07. The number of nitrogens with one attached hydrogen (secondary N) is 2. The van der Waals surface area contributed by atoms with Crippen molar-refractivity contribution in [3.05, 3.63) is 80.5 Å². The van der Waals surface area contributed by atoms with Crippen LogP contribution in [-0.4, -0.2) is 53.9 Å². The molecule has 2 aromatic carbocycles. The van der Waals surface area contributed by atoms with Gasteiger partial charge < -0.3 is 20.1 Å². The largest absolute Gasteiger partial charge is 0.497 e. The number of carbonyl (C=O) groups excluding carboxylic acids is 4. The lowest BCUT2D eigenvalue weighted by Gasteiger charge is -2.30. The van der Waals surface area contributed by atoms with Crippen LogP contribution in [0.15, 0.2) is 53.7 Å². The smallest absolute Gasteiger partial charge is 0.338 e. The molecular formula is C23H20N4O8. The number of nitro groups is 1. The maximum absolute atomic E-state index is 13.0. The average molecular weight is 480 g/mol. The number of carbonyl (C=O) groups is 4. The highest BCUT2D eigenvalue weighted by molar-refractivity contribution is 6.21. The van der Waals surface area contributed by atoms with Gasteiger partial charge in [0.2, 0.25) is 0 Å². The van der Waals surface area contributed by atoms with Crippen LogP contribution >= 0.6 is 0 Å². The first kappa shape index (κ1) is 23.4. The molecule has 4 amide bonds. The summed E-state index contributed by atoms with van der Waals surface area (Å²) in [7, 11) is 1.50. The Hall–Kier alpha value is -4.74. The highest BCUT2D eigenvalue weighted by Gasteiger charge is 2.40. The first-order valence-corrected chi connectivity index (χ1v) is 10.5. The van der Waals surface area contributed by atoms with E-state index in [0.717, 1.165) is 17.0 Å². The number of benzene rings is 2. The van der Waals surface area contributed by atoms with Gasteiger partial charge in [0.25, 0.3) is 17.5 Å². The number of ether oxygens (including phenoxy) is 2. The van der Waals surface area contributed by atoms with E-state index in [1.54, 1.807) is 31.2 Å². The van der Waals surface area contributed by atoms with Crippen LogP contribution in [0.4, 0.5) is 10.5 Å². The Morgan fingerprint density at radius 1 is 1.09 bits per heavy atom. The fourth-order valence-corrected chi connectivity index (χ4v) is 3.93. The molecule has 0 bridgehead atoms. The van der Waals surface area contributed by atoms with Crippen molar-refractivity contribution in [3.63, 3.8) is 0 Å². The van der Waals surface area contributed by atoms with Crippen LogP contribution in [0, 0.1) is 10.1 Å². The monoisotopic (exact) mass is 480 g/mol. The Bertz CT molecular complexity index is 1280. The molecule has 2 aliphatic heterocycles. The van der Waals surface area contributed by atoms with Crippen LogP contribution in [0.1, 0.15) is 39.2 Å². The lowest BCUT2D eigenvalue weighted by Crippen LogP contribution is -2.49. The molecule has 1 atom stereocenters.